The van der Waals surface area contributed by atoms with Gasteiger partial charge in [0.05, 0.1) is 21.5 Å². The smallest absolute Gasteiger partial charge is 0.204 e. The van der Waals surface area contributed by atoms with Gasteiger partial charge in [-0.2, -0.15) is 0 Å². The van der Waals surface area contributed by atoms with Crippen LogP contribution >= 0.6 is 45.9 Å². The van der Waals surface area contributed by atoms with Gasteiger partial charge < -0.3 is 4.74 Å². The second-order valence-electron chi connectivity index (χ2n) is 4.28. The first-order chi connectivity index (χ1) is 10.1. The van der Waals surface area contributed by atoms with Crippen molar-refractivity contribution in [1.82, 2.24) is 0 Å². The number of ketones is 1. The van der Waals surface area contributed by atoms with Gasteiger partial charge in [0.2, 0.25) is 5.78 Å². The summed E-state index contributed by atoms with van der Waals surface area (Å²) in [6.07, 6.45) is 0. The molecule has 3 rings (SSSR count). The minimum Gasteiger partial charge on any atom is -0.492 e. The normalized spacial score (nSPS) is 11.0. The first-order valence-corrected chi connectivity index (χ1v) is 8.69. The number of benzene rings is 1. The predicted molar refractivity (Wildman–Crippen MR) is 90.8 cm³/mol. The number of rotatable bonds is 4. The van der Waals surface area contributed by atoms with Crippen LogP contribution in [-0.4, -0.2) is 12.4 Å². The Labute approximate surface area is 139 Å². The molecular weight excluding hydrogens is 347 g/mol. The quantitative estimate of drug-likeness (QED) is 0.544. The van der Waals surface area contributed by atoms with Crippen LogP contribution in [0, 0.1) is 0 Å². The molecule has 0 N–H and O–H groups in total. The molecule has 2 nitrogen and oxygen atoms in total. The summed E-state index contributed by atoms with van der Waals surface area (Å²) in [4.78, 5) is 13.3. The molecule has 0 fully saturated rings. The zero-order valence-electron chi connectivity index (χ0n) is 11.0. The van der Waals surface area contributed by atoms with Gasteiger partial charge in [-0.1, -0.05) is 23.2 Å². The minimum absolute atomic E-state index is 0.113. The van der Waals surface area contributed by atoms with Crippen LogP contribution in [0.5, 0.6) is 5.75 Å². The minimum atomic E-state index is -0.113. The number of carbonyl (C=O) groups is 1. The van der Waals surface area contributed by atoms with Gasteiger partial charge in [-0.25, -0.2) is 0 Å². The maximum absolute atomic E-state index is 12.6. The lowest BCUT2D eigenvalue weighted by Gasteiger charge is -2.09. The second kappa shape index (κ2) is 5.97. The Morgan fingerprint density at radius 3 is 2.71 bits per heavy atom. The Balaban J connectivity index is 2.01. The second-order valence-corrected chi connectivity index (χ2v) is 7.13. The van der Waals surface area contributed by atoms with Crippen LogP contribution in [0.2, 0.25) is 10.0 Å². The highest BCUT2D eigenvalue weighted by Crippen LogP contribution is 2.35. The van der Waals surface area contributed by atoms with Crippen LogP contribution in [0.1, 0.15) is 22.2 Å². The van der Waals surface area contributed by atoms with E-state index in [0.717, 1.165) is 9.40 Å². The average Bonchev–Trinajstić information content (AvgIpc) is 3.03. The van der Waals surface area contributed by atoms with E-state index in [0.29, 0.717) is 32.8 Å². The lowest BCUT2D eigenvalue weighted by molar-refractivity contribution is 0.104. The molecule has 0 unspecified atom stereocenters. The zero-order valence-corrected chi connectivity index (χ0v) is 14.1. The molecule has 6 heteroatoms. The van der Waals surface area contributed by atoms with Crippen LogP contribution < -0.4 is 4.74 Å². The van der Waals surface area contributed by atoms with Crippen molar-refractivity contribution in [3.05, 3.63) is 50.1 Å². The maximum atomic E-state index is 12.6. The molecule has 0 atom stereocenters. The molecule has 0 aliphatic heterocycles. The molecule has 0 bridgehead atoms. The summed E-state index contributed by atoms with van der Waals surface area (Å²) in [7, 11) is 0. The third-order valence-corrected chi connectivity index (χ3v) is 5.63. The van der Waals surface area contributed by atoms with Gasteiger partial charge in [0.1, 0.15) is 5.75 Å². The molecule has 3 aromatic rings. The maximum Gasteiger partial charge on any atom is 0.204 e. The van der Waals surface area contributed by atoms with Gasteiger partial charge in [-0.3, -0.25) is 4.79 Å². The molecule has 0 aliphatic rings. The van der Waals surface area contributed by atoms with E-state index in [4.69, 9.17) is 27.9 Å². The van der Waals surface area contributed by atoms with E-state index in [2.05, 4.69) is 0 Å². The summed E-state index contributed by atoms with van der Waals surface area (Å²) in [5.41, 5.74) is 0.402. The van der Waals surface area contributed by atoms with Crippen LogP contribution in [0.3, 0.4) is 0 Å². The van der Waals surface area contributed by atoms with Crippen molar-refractivity contribution in [3.63, 3.8) is 0 Å². The van der Waals surface area contributed by atoms with Crippen molar-refractivity contribution in [3.8, 4) is 5.75 Å². The van der Waals surface area contributed by atoms with Gasteiger partial charge in [-0.15, -0.1) is 22.7 Å². The fraction of sp³-hybridized carbons (Fsp3) is 0.133. The fourth-order valence-corrected chi connectivity index (χ4v) is 4.50. The lowest BCUT2D eigenvalue weighted by atomic mass is 10.1. The van der Waals surface area contributed by atoms with Gasteiger partial charge in [0.15, 0.2) is 0 Å². The number of hydrogen-bond donors (Lipinski definition) is 0. The van der Waals surface area contributed by atoms with Crippen LogP contribution in [0.25, 0.3) is 9.40 Å². The summed E-state index contributed by atoms with van der Waals surface area (Å²) in [6.45, 7) is 2.35. The summed E-state index contributed by atoms with van der Waals surface area (Å²) in [5, 5.41) is 2.75. The van der Waals surface area contributed by atoms with Crippen LogP contribution in [-0.2, 0) is 0 Å². The van der Waals surface area contributed by atoms with Crippen LogP contribution in [0.4, 0.5) is 0 Å². The molecule has 0 saturated heterocycles. The van der Waals surface area contributed by atoms with E-state index in [1.165, 1.54) is 11.3 Å². The van der Waals surface area contributed by atoms with Crippen molar-refractivity contribution in [1.29, 1.82) is 0 Å². The number of halogens is 2. The number of ether oxygens (including phenoxy) is 1. The van der Waals surface area contributed by atoms with E-state index in [9.17, 15) is 4.79 Å². The largest absolute Gasteiger partial charge is 0.492 e. The average molecular weight is 357 g/mol. The Kier molecular flexibility index (Phi) is 4.22. The van der Waals surface area contributed by atoms with Crippen molar-refractivity contribution in [2.45, 2.75) is 6.92 Å². The molecule has 0 aliphatic carbocycles. The molecular formula is C15H10Cl2O2S2. The molecule has 0 amide bonds. The molecule has 108 valence electrons. The Morgan fingerprint density at radius 2 is 2.00 bits per heavy atom. The van der Waals surface area contributed by atoms with Gasteiger partial charge >= 0.3 is 0 Å². The highest BCUT2D eigenvalue weighted by atomic mass is 35.5. The van der Waals surface area contributed by atoms with Crippen LogP contribution in [0.15, 0.2) is 29.6 Å². The SMILES string of the molecule is CCOc1cc(Cl)c(C(=O)c2cc3sccc3s2)cc1Cl. The summed E-state index contributed by atoms with van der Waals surface area (Å²) in [6, 6.07) is 7.07. The Hall–Kier alpha value is -1.07. The van der Waals surface area contributed by atoms with Crippen molar-refractivity contribution in [2.75, 3.05) is 6.61 Å². The lowest BCUT2D eigenvalue weighted by Crippen LogP contribution is -2.01. The summed E-state index contributed by atoms with van der Waals surface area (Å²) < 4.78 is 7.59. The molecule has 2 aromatic heterocycles. The van der Waals surface area contributed by atoms with E-state index in [1.54, 1.807) is 23.5 Å². The first-order valence-electron chi connectivity index (χ1n) is 6.23. The fourth-order valence-electron chi connectivity index (χ4n) is 1.98. The van der Waals surface area contributed by atoms with E-state index in [1.807, 2.05) is 24.4 Å². The van der Waals surface area contributed by atoms with Crippen molar-refractivity contribution >= 4 is 61.1 Å². The molecule has 2 heterocycles. The first kappa shape index (κ1) is 14.9. The van der Waals surface area contributed by atoms with Gasteiger partial charge in [0, 0.05) is 21.0 Å². The van der Waals surface area contributed by atoms with E-state index >= 15 is 0 Å². The molecule has 0 radical (unpaired) electrons. The van der Waals surface area contributed by atoms with Crippen molar-refractivity contribution < 1.29 is 9.53 Å². The molecule has 21 heavy (non-hydrogen) atoms. The van der Waals surface area contributed by atoms with Gasteiger partial charge in [-0.05, 0) is 30.5 Å². The standard InChI is InChI=1S/C15H10Cl2O2S2/c1-2-19-11-6-9(16)8(5-10(11)17)15(18)14-7-13-12(21-14)3-4-20-13/h3-7H,2H2,1H3. The van der Waals surface area contributed by atoms with Crippen molar-refractivity contribution in [2.24, 2.45) is 0 Å². The zero-order chi connectivity index (χ0) is 15.0. The Bertz CT molecular complexity index is 792. The molecule has 0 spiro atoms. The van der Waals surface area contributed by atoms with E-state index < -0.39 is 0 Å². The summed E-state index contributed by atoms with van der Waals surface area (Å²) >= 11 is 15.4. The predicted octanol–water partition coefficient (Wildman–Crippen LogP) is 5.90. The van der Waals surface area contributed by atoms with Gasteiger partial charge in [0.25, 0.3) is 0 Å². The number of hydrogen-bond acceptors (Lipinski definition) is 4. The number of carbonyl (C=O) groups excluding carboxylic acids is 1. The number of fused-ring (bicyclic) bond motifs is 1. The highest BCUT2D eigenvalue weighted by Gasteiger charge is 2.18. The highest BCUT2D eigenvalue weighted by molar-refractivity contribution is 7.28. The van der Waals surface area contributed by atoms with E-state index in [-0.39, 0.29) is 5.78 Å². The number of thiophene rings is 2. The topological polar surface area (TPSA) is 26.3 Å². The molecule has 0 saturated carbocycles. The summed E-state index contributed by atoms with van der Waals surface area (Å²) in [5.74, 6) is 0.381. The molecule has 1 aromatic carbocycles. The third kappa shape index (κ3) is 2.81. The monoisotopic (exact) mass is 356 g/mol. The Morgan fingerprint density at radius 1 is 1.19 bits per heavy atom. The third-order valence-electron chi connectivity index (χ3n) is 2.93.